The number of carbonyl (C=O) groups is 2. The number of ether oxygens (including phenoxy) is 2. The largest absolute Gasteiger partial charge is 0.469 e. The second-order valence-corrected chi connectivity index (χ2v) is 4.76. The zero-order valence-corrected chi connectivity index (χ0v) is 11.5. The van der Waals surface area contributed by atoms with E-state index in [4.69, 9.17) is 4.74 Å². The Balaban J connectivity index is 2.34. The highest BCUT2D eigenvalue weighted by Crippen LogP contribution is 2.29. The number of amides is 1. The minimum absolute atomic E-state index is 0.141. The van der Waals surface area contributed by atoms with Crippen LogP contribution in [0.3, 0.4) is 0 Å². The van der Waals surface area contributed by atoms with Crippen molar-refractivity contribution < 1.29 is 19.1 Å². The first-order valence-electron chi connectivity index (χ1n) is 6.54. The molecule has 18 heavy (non-hydrogen) atoms. The highest BCUT2D eigenvalue weighted by Gasteiger charge is 2.28. The molecule has 1 rings (SSSR count). The van der Waals surface area contributed by atoms with Gasteiger partial charge in [0.2, 0.25) is 0 Å². The zero-order valence-electron chi connectivity index (χ0n) is 11.5. The number of hydrogen-bond donors (Lipinski definition) is 0. The van der Waals surface area contributed by atoms with Gasteiger partial charge in [0.15, 0.2) is 0 Å². The van der Waals surface area contributed by atoms with Crippen LogP contribution in [0.25, 0.3) is 0 Å². The molecule has 1 fully saturated rings. The van der Waals surface area contributed by atoms with Crippen molar-refractivity contribution in [2.24, 2.45) is 5.92 Å². The fourth-order valence-electron chi connectivity index (χ4n) is 2.43. The predicted octanol–water partition coefficient (Wildman–Crippen LogP) is 2.20. The number of carbonyl (C=O) groups excluding carboxylic acids is 2. The SMILES string of the molecule is CCOC(=O)N(C)C1CCC(CC(=O)OC)CC1. The molecule has 0 saturated heterocycles. The van der Waals surface area contributed by atoms with Gasteiger partial charge in [-0.1, -0.05) is 0 Å². The smallest absolute Gasteiger partial charge is 0.409 e. The molecule has 104 valence electrons. The topological polar surface area (TPSA) is 55.8 Å². The van der Waals surface area contributed by atoms with Crippen LogP contribution in [0.4, 0.5) is 4.79 Å². The molecule has 0 aromatic rings. The van der Waals surface area contributed by atoms with Crippen molar-refractivity contribution >= 4 is 12.1 Å². The van der Waals surface area contributed by atoms with Crippen molar-refractivity contribution in [2.75, 3.05) is 20.8 Å². The first kappa shape index (κ1) is 14.8. The van der Waals surface area contributed by atoms with Gasteiger partial charge in [0, 0.05) is 19.5 Å². The highest BCUT2D eigenvalue weighted by molar-refractivity contribution is 5.69. The van der Waals surface area contributed by atoms with Gasteiger partial charge in [-0.25, -0.2) is 4.79 Å². The Kier molecular flexibility index (Phi) is 5.95. The van der Waals surface area contributed by atoms with Crippen LogP contribution in [0.2, 0.25) is 0 Å². The average Bonchev–Trinajstić information content (AvgIpc) is 2.39. The number of rotatable bonds is 4. The fraction of sp³-hybridized carbons (Fsp3) is 0.846. The standard InChI is InChI=1S/C13H23NO4/c1-4-18-13(16)14(2)11-7-5-10(6-8-11)9-12(15)17-3/h10-11H,4-9H2,1-3H3. The van der Waals surface area contributed by atoms with Crippen LogP contribution >= 0.6 is 0 Å². The molecule has 0 N–H and O–H groups in total. The maximum Gasteiger partial charge on any atom is 0.409 e. The van der Waals surface area contributed by atoms with Gasteiger partial charge in [-0.05, 0) is 38.5 Å². The summed E-state index contributed by atoms with van der Waals surface area (Å²) in [7, 11) is 3.20. The quantitative estimate of drug-likeness (QED) is 0.724. The molecule has 5 heteroatoms. The Morgan fingerprint density at radius 1 is 1.22 bits per heavy atom. The van der Waals surface area contributed by atoms with E-state index >= 15 is 0 Å². The summed E-state index contributed by atoms with van der Waals surface area (Å²) in [5, 5.41) is 0. The molecule has 1 amide bonds. The monoisotopic (exact) mass is 257 g/mol. The van der Waals surface area contributed by atoms with Gasteiger partial charge in [0.05, 0.1) is 13.7 Å². The van der Waals surface area contributed by atoms with Crippen molar-refractivity contribution in [1.29, 1.82) is 0 Å². The van der Waals surface area contributed by atoms with E-state index in [-0.39, 0.29) is 18.1 Å². The molecular weight excluding hydrogens is 234 g/mol. The summed E-state index contributed by atoms with van der Waals surface area (Å²) in [6.07, 6.45) is 4.02. The third-order valence-corrected chi connectivity index (χ3v) is 3.60. The van der Waals surface area contributed by atoms with Crippen molar-refractivity contribution in [2.45, 2.75) is 45.1 Å². The van der Waals surface area contributed by atoms with Crippen LogP contribution < -0.4 is 0 Å². The second kappa shape index (κ2) is 7.24. The van der Waals surface area contributed by atoms with Gasteiger partial charge in [0.1, 0.15) is 0 Å². The van der Waals surface area contributed by atoms with E-state index in [0.29, 0.717) is 18.9 Å². The second-order valence-electron chi connectivity index (χ2n) is 4.76. The van der Waals surface area contributed by atoms with E-state index in [1.807, 2.05) is 0 Å². The maximum atomic E-state index is 11.6. The van der Waals surface area contributed by atoms with Crippen molar-refractivity contribution in [3.63, 3.8) is 0 Å². The van der Waals surface area contributed by atoms with Crippen LogP contribution in [-0.2, 0) is 14.3 Å². The molecule has 1 aliphatic carbocycles. The first-order valence-corrected chi connectivity index (χ1v) is 6.54. The average molecular weight is 257 g/mol. The van der Waals surface area contributed by atoms with Crippen LogP contribution in [0.1, 0.15) is 39.0 Å². The van der Waals surface area contributed by atoms with Crippen LogP contribution in [0.5, 0.6) is 0 Å². The van der Waals surface area contributed by atoms with E-state index in [0.717, 1.165) is 25.7 Å². The van der Waals surface area contributed by atoms with Crippen LogP contribution in [0.15, 0.2) is 0 Å². The molecule has 0 radical (unpaired) electrons. The molecule has 0 aliphatic heterocycles. The van der Waals surface area contributed by atoms with E-state index < -0.39 is 0 Å². The van der Waals surface area contributed by atoms with Gasteiger partial charge in [0.25, 0.3) is 0 Å². The highest BCUT2D eigenvalue weighted by atomic mass is 16.6. The summed E-state index contributed by atoms with van der Waals surface area (Å²) in [5.41, 5.74) is 0. The van der Waals surface area contributed by atoms with Gasteiger partial charge in [-0.2, -0.15) is 0 Å². The molecule has 1 saturated carbocycles. The lowest BCUT2D eigenvalue weighted by Crippen LogP contribution is -2.40. The van der Waals surface area contributed by atoms with Crippen LogP contribution in [0, 0.1) is 5.92 Å². The lowest BCUT2D eigenvalue weighted by Gasteiger charge is -2.33. The minimum atomic E-state index is -0.256. The molecule has 5 nitrogen and oxygen atoms in total. The summed E-state index contributed by atoms with van der Waals surface area (Å²) < 4.78 is 9.65. The van der Waals surface area contributed by atoms with Crippen LogP contribution in [-0.4, -0.2) is 43.8 Å². The van der Waals surface area contributed by atoms with E-state index in [9.17, 15) is 9.59 Å². The molecule has 1 aliphatic rings. The van der Waals surface area contributed by atoms with E-state index in [1.54, 1.807) is 18.9 Å². The first-order chi connectivity index (χ1) is 8.58. The summed E-state index contributed by atoms with van der Waals surface area (Å²) in [6.45, 7) is 2.21. The maximum absolute atomic E-state index is 11.6. The Labute approximate surface area is 108 Å². The Morgan fingerprint density at radius 2 is 1.83 bits per heavy atom. The van der Waals surface area contributed by atoms with E-state index in [2.05, 4.69) is 4.74 Å². The number of esters is 1. The lowest BCUT2D eigenvalue weighted by molar-refractivity contribution is -0.142. The summed E-state index contributed by atoms with van der Waals surface area (Å²) in [6, 6.07) is 0.234. The third kappa shape index (κ3) is 4.20. The minimum Gasteiger partial charge on any atom is -0.469 e. The summed E-state index contributed by atoms with van der Waals surface area (Å²) >= 11 is 0. The van der Waals surface area contributed by atoms with Crippen molar-refractivity contribution in [1.82, 2.24) is 4.90 Å². The molecule has 0 heterocycles. The fourth-order valence-corrected chi connectivity index (χ4v) is 2.43. The van der Waals surface area contributed by atoms with E-state index in [1.165, 1.54) is 7.11 Å². The predicted molar refractivity (Wildman–Crippen MR) is 67.2 cm³/mol. The molecule has 0 atom stereocenters. The number of methoxy groups -OCH3 is 1. The Bertz CT molecular complexity index is 285. The summed E-state index contributed by atoms with van der Waals surface area (Å²) in [5.74, 6) is 0.251. The molecular formula is C13H23NO4. The Morgan fingerprint density at radius 3 is 2.33 bits per heavy atom. The van der Waals surface area contributed by atoms with Gasteiger partial charge < -0.3 is 14.4 Å². The van der Waals surface area contributed by atoms with Gasteiger partial charge in [-0.15, -0.1) is 0 Å². The van der Waals surface area contributed by atoms with Gasteiger partial charge in [-0.3, -0.25) is 4.79 Å². The van der Waals surface area contributed by atoms with Crippen molar-refractivity contribution in [3.8, 4) is 0 Å². The molecule has 0 aromatic heterocycles. The van der Waals surface area contributed by atoms with Crippen molar-refractivity contribution in [3.05, 3.63) is 0 Å². The lowest BCUT2D eigenvalue weighted by atomic mass is 9.84. The van der Waals surface area contributed by atoms with Gasteiger partial charge >= 0.3 is 12.1 Å². The zero-order chi connectivity index (χ0) is 13.5. The summed E-state index contributed by atoms with van der Waals surface area (Å²) in [4.78, 5) is 24.4. The third-order valence-electron chi connectivity index (χ3n) is 3.60. The molecule has 0 unspecified atom stereocenters. The normalized spacial score (nSPS) is 23.3. The molecule has 0 spiro atoms. The molecule has 0 aromatic carbocycles. The number of nitrogens with zero attached hydrogens (tertiary/aromatic N) is 1. The Hall–Kier alpha value is -1.26. The molecule has 0 bridgehead atoms. The number of hydrogen-bond acceptors (Lipinski definition) is 4.